The summed E-state index contributed by atoms with van der Waals surface area (Å²) in [5.74, 6) is -0.834. The zero-order valence-corrected chi connectivity index (χ0v) is 30.9. The van der Waals surface area contributed by atoms with Crippen molar-refractivity contribution in [2.45, 2.75) is 205 Å². The third-order valence-electron chi connectivity index (χ3n) is 9.15. The molecule has 288 valence electrons. The number of aliphatic hydroxyl groups excluding tert-OH is 4. The van der Waals surface area contributed by atoms with Crippen molar-refractivity contribution in [3.8, 4) is 0 Å². The lowest BCUT2D eigenvalue weighted by atomic mass is 9.99. The van der Waals surface area contributed by atoms with Crippen molar-refractivity contribution >= 4 is 11.9 Å². The Labute approximate surface area is 297 Å². The van der Waals surface area contributed by atoms with Gasteiger partial charge in [0.2, 0.25) is 0 Å². The number of esters is 2. The van der Waals surface area contributed by atoms with Crippen molar-refractivity contribution in [2.24, 2.45) is 0 Å². The Hall–Kier alpha value is -1.56. The summed E-state index contributed by atoms with van der Waals surface area (Å²) >= 11 is 0. The SMILES string of the molecule is CCCCCCCCCC/C=C\CCCCCCCCCCCC(=O)OC(COC(=O)CCCCC)COC1OC(CO)C(O)C(O)C1O. The molecule has 0 spiro atoms. The van der Waals surface area contributed by atoms with Gasteiger partial charge in [0.25, 0.3) is 0 Å². The average Bonchev–Trinajstić information content (AvgIpc) is 3.09. The Balaban J connectivity index is 2.19. The topological polar surface area (TPSA) is 152 Å². The number of hydrogen-bond acceptors (Lipinski definition) is 10. The summed E-state index contributed by atoms with van der Waals surface area (Å²) in [5.41, 5.74) is 0. The molecule has 1 aliphatic rings. The largest absolute Gasteiger partial charge is 0.462 e. The summed E-state index contributed by atoms with van der Waals surface area (Å²) < 4.78 is 21.8. The van der Waals surface area contributed by atoms with E-state index in [1.54, 1.807) is 0 Å². The highest BCUT2D eigenvalue weighted by Crippen LogP contribution is 2.22. The second-order valence-corrected chi connectivity index (χ2v) is 13.7. The van der Waals surface area contributed by atoms with E-state index in [-0.39, 0.29) is 26.1 Å². The van der Waals surface area contributed by atoms with E-state index < -0.39 is 55.4 Å². The van der Waals surface area contributed by atoms with Gasteiger partial charge < -0.3 is 39.4 Å². The highest BCUT2D eigenvalue weighted by atomic mass is 16.7. The maximum atomic E-state index is 12.6. The van der Waals surface area contributed by atoms with Crippen molar-refractivity contribution in [3.05, 3.63) is 12.2 Å². The Morgan fingerprint density at radius 3 is 1.63 bits per heavy atom. The number of unbranched alkanes of at least 4 members (excludes halogenated alkanes) is 19. The molecule has 1 heterocycles. The van der Waals surface area contributed by atoms with Crippen LogP contribution >= 0.6 is 0 Å². The Kier molecular flexibility index (Phi) is 28.9. The fourth-order valence-electron chi connectivity index (χ4n) is 5.95. The van der Waals surface area contributed by atoms with E-state index in [4.69, 9.17) is 18.9 Å². The maximum absolute atomic E-state index is 12.6. The third kappa shape index (κ3) is 23.5. The molecule has 0 amide bonds. The summed E-state index contributed by atoms with van der Waals surface area (Å²) in [6.07, 6.45) is 23.2. The Morgan fingerprint density at radius 1 is 0.612 bits per heavy atom. The first-order valence-electron chi connectivity index (χ1n) is 19.8. The van der Waals surface area contributed by atoms with Crippen LogP contribution in [0.3, 0.4) is 0 Å². The van der Waals surface area contributed by atoms with E-state index in [2.05, 4.69) is 19.1 Å². The molecular formula is C39H72O10. The zero-order chi connectivity index (χ0) is 36.0. The fraction of sp³-hybridized carbons (Fsp3) is 0.897. The van der Waals surface area contributed by atoms with Gasteiger partial charge in [0.1, 0.15) is 31.0 Å². The van der Waals surface area contributed by atoms with Crippen molar-refractivity contribution in [1.29, 1.82) is 0 Å². The van der Waals surface area contributed by atoms with Gasteiger partial charge in [0.05, 0.1) is 13.2 Å². The Morgan fingerprint density at radius 2 is 1.08 bits per heavy atom. The molecule has 0 aliphatic carbocycles. The second-order valence-electron chi connectivity index (χ2n) is 13.7. The summed E-state index contributed by atoms with van der Waals surface area (Å²) in [5, 5.41) is 39.7. The van der Waals surface area contributed by atoms with Crippen LogP contribution in [0, 0.1) is 0 Å². The molecule has 49 heavy (non-hydrogen) atoms. The van der Waals surface area contributed by atoms with E-state index >= 15 is 0 Å². The standard InChI is InChI=1S/C39H72O10/c1-3-5-7-8-9-10-11-12-13-14-15-16-17-18-19-20-21-22-23-24-26-28-35(42)48-32(30-46-34(41)27-25-6-4-2)31-47-39-38(45)37(44)36(43)33(29-40)49-39/h14-15,32-33,36-40,43-45H,3-13,16-31H2,1-2H3/b15-14-. The molecular weight excluding hydrogens is 628 g/mol. The predicted molar refractivity (Wildman–Crippen MR) is 192 cm³/mol. The van der Waals surface area contributed by atoms with Gasteiger partial charge in [-0.3, -0.25) is 9.59 Å². The van der Waals surface area contributed by atoms with Gasteiger partial charge in [-0.1, -0.05) is 129 Å². The van der Waals surface area contributed by atoms with Gasteiger partial charge in [0, 0.05) is 12.8 Å². The number of carbonyl (C=O) groups excluding carboxylic acids is 2. The van der Waals surface area contributed by atoms with Crippen molar-refractivity contribution in [3.63, 3.8) is 0 Å². The molecule has 1 saturated heterocycles. The second kappa shape index (κ2) is 31.2. The van der Waals surface area contributed by atoms with Crippen LogP contribution in [0.5, 0.6) is 0 Å². The minimum atomic E-state index is -1.59. The van der Waals surface area contributed by atoms with Crippen LogP contribution in [-0.2, 0) is 28.5 Å². The molecule has 10 nitrogen and oxygen atoms in total. The van der Waals surface area contributed by atoms with E-state index in [1.807, 2.05) is 6.92 Å². The minimum absolute atomic E-state index is 0.219. The summed E-state index contributed by atoms with van der Waals surface area (Å²) in [7, 11) is 0. The summed E-state index contributed by atoms with van der Waals surface area (Å²) in [6, 6.07) is 0. The Bertz CT molecular complexity index is 820. The van der Waals surface area contributed by atoms with Gasteiger partial charge >= 0.3 is 11.9 Å². The number of carbonyl (C=O) groups is 2. The van der Waals surface area contributed by atoms with E-state index in [1.165, 1.54) is 96.3 Å². The van der Waals surface area contributed by atoms with Crippen LogP contribution in [0.4, 0.5) is 0 Å². The van der Waals surface area contributed by atoms with Crippen molar-refractivity contribution in [1.82, 2.24) is 0 Å². The van der Waals surface area contributed by atoms with Crippen LogP contribution in [-0.4, -0.2) is 89.0 Å². The predicted octanol–water partition coefficient (Wildman–Crippen LogP) is 7.22. The molecule has 0 aromatic carbocycles. The highest BCUT2D eigenvalue weighted by Gasteiger charge is 2.44. The van der Waals surface area contributed by atoms with Gasteiger partial charge in [-0.05, 0) is 38.5 Å². The summed E-state index contributed by atoms with van der Waals surface area (Å²) in [6.45, 7) is 3.23. The molecule has 0 bridgehead atoms. The van der Waals surface area contributed by atoms with Crippen LogP contribution in [0.25, 0.3) is 0 Å². The van der Waals surface area contributed by atoms with Crippen molar-refractivity contribution < 1.29 is 49.0 Å². The molecule has 0 aromatic rings. The van der Waals surface area contributed by atoms with Crippen LogP contribution in [0.1, 0.15) is 168 Å². The van der Waals surface area contributed by atoms with Gasteiger partial charge in [-0.2, -0.15) is 0 Å². The minimum Gasteiger partial charge on any atom is -0.462 e. The van der Waals surface area contributed by atoms with Crippen LogP contribution < -0.4 is 0 Å². The first-order chi connectivity index (χ1) is 23.8. The number of allylic oxidation sites excluding steroid dienone is 2. The summed E-state index contributed by atoms with van der Waals surface area (Å²) in [4.78, 5) is 24.7. The van der Waals surface area contributed by atoms with E-state index in [9.17, 15) is 30.0 Å². The van der Waals surface area contributed by atoms with Crippen LogP contribution in [0.15, 0.2) is 12.2 Å². The first-order valence-corrected chi connectivity index (χ1v) is 19.8. The lowest BCUT2D eigenvalue weighted by molar-refractivity contribution is -0.305. The monoisotopic (exact) mass is 701 g/mol. The fourth-order valence-corrected chi connectivity index (χ4v) is 5.95. The molecule has 1 rings (SSSR count). The van der Waals surface area contributed by atoms with Gasteiger partial charge in [-0.15, -0.1) is 0 Å². The van der Waals surface area contributed by atoms with Crippen molar-refractivity contribution in [2.75, 3.05) is 19.8 Å². The molecule has 10 heteroatoms. The van der Waals surface area contributed by atoms with Crippen LogP contribution in [0.2, 0.25) is 0 Å². The van der Waals surface area contributed by atoms with E-state index in [0.29, 0.717) is 12.8 Å². The average molecular weight is 701 g/mol. The molecule has 6 unspecified atom stereocenters. The smallest absolute Gasteiger partial charge is 0.306 e. The molecule has 1 fully saturated rings. The lowest BCUT2D eigenvalue weighted by Gasteiger charge is -2.39. The number of rotatable bonds is 32. The molecule has 4 N–H and O–H groups in total. The number of ether oxygens (including phenoxy) is 4. The van der Waals surface area contributed by atoms with Gasteiger partial charge in [-0.25, -0.2) is 0 Å². The quantitative estimate of drug-likeness (QED) is 0.0322. The zero-order valence-electron chi connectivity index (χ0n) is 30.9. The highest BCUT2D eigenvalue weighted by molar-refractivity contribution is 5.70. The lowest BCUT2D eigenvalue weighted by Crippen LogP contribution is -2.59. The molecule has 0 radical (unpaired) electrons. The number of aliphatic hydroxyl groups is 4. The van der Waals surface area contributed by atoms with Gasteiger partial charge in [0.15, 0.2) is 12.4 Å². The molecule has 0 saturated carbocycles. The van der Waals surface area contributed by atoms with E-state index in [0.717, 1.165) is 32.1 Å². The molecule has 6 atom stereocenters. The third-order valence-corrected chi connectivity index (χ3v) is 9.15. The maximum Gasteiger partial charge on any atom is 0.306 e. The number of hydrogen-bond donors (Lipinski definition) is 4. The normalized spacial score (nSPS) is 21.6. The first kappa shape index (κ1) is 45.5. The molecule has 0 aromatic heterocycles. The molecule has 1 aliphatic heterocycles.